The van der Waals surface area contributed by atoms with E-state index in [-0.39, 0.29) is 0 Å². The average molecular weight is 752 g/mol. The second-order valence-corrected chi connectivity index (χ2v) is 17.6. The van der Waals surface area contributed by atoms with Gasteiger partial charge in [0.15, 0.2) is 0 Å². The molecule has 0 N–H and O–H groups in total. The number of aromatic nitrogens is 3. The van der Waals surface area contributed by atoms with E-state index in [0.717, 1.165) is 73.2 Å². The predicted molar refractivity (Wildman–Crippen MR) is 240 cm³/mol. The maximum atomic E-state index is 5.51. The molecule has 3 aromatic heterocycles. The molecule has 0 radical (unpaired) electrons. The molecule has 0 fully saturated rings. The van der Waals surface area contributed by atoms with E-state index in [1.807, 2.05) is 12.4 Å². The molecule has 0 unspecified atom stereocenters. The van der Waals surface area contributed by atoms with E-state index in [9.17, 15) is 0 Å². The number of pyridine rings is 3. The van der Waals surface area contributed by atoms with E-state index >= 15 is 0 Å². The zero-order chi connectivity index (χ0) is 39.9. The highest BCUT2D eigenvalue weighted by Gasteiger charge is 2.21. The zero-order valence-electron chi connectivity index (χ0n) is 35.8. The van der Waals surface area contributed by atoms with Crippen LogP contribution in [0.2, 0.25) is 0 Å². The minimum Gasteiger partial charge on any atom is -0.279 e. The lowest BCUT2D eigenvalue weighted by Gasteiger charge is -2.28. The summed E-state index contributed by atoms with van der Waals surface area (Å²) in [5.74, 6) is 6.22. The number of hydrogen-bond donors (Lipinski definition) is 0. The Hall–Kier alpha value is -4.51. The molecule has 5 aromatic rings. The Morgan fingerprint density at radius 2 is 0.732 bits per heavy atom. The van der Waals surface area contributed by atoms with E-state index in [2.05, 4.69) is 156 Å². The number of anilines is 6. The molecule has 0 atom stereocenters. The lowest BCUT2D eigenvalue weighted by Crippen LogP contribution is -2.17. The van der Waals surface area contributed by atoms with Gasteiger partial charge in [0, 0.05) is 23.8 Å². The molecule has 298 valence electrons. The molecular weight excluding hydrogens is 683 g/mol. The van der Waals surface area contributed by atoms with Crippen molar-refractivity contribution in [1.29, 1.82) is 0 Å². The van der Waals surface area contributed by atoms with Crippen LogP contribution in [0.4, 0.5) is 34.6 Å². The quantitative estimate of drug-likeness (QED) is 0.0705. The molecule has 2 aromatic carbocycles. The first kappa shape index (κ1) is 42.6. The standard InChI is InChI=1S/C51H69N5/c1-38(2)16-9-20-42-24-13-26-46(34-42)55(50-36-44(30-32-52-50)22-11-18-40(5)6)48-28-15-29-49(54-48)56(47-27-14-25-43(35-47)21-10-17-39(3)4)51-37-45(31-33-53-51)23-12-19-41(7)8/h13-15,24-41H,9-12,16-23H2,1-8H3. The summed E-state index contributed by atoms with van der Waals surface area (Å²) in [6.07, 6.45) is 17.6. The van der Waals surface area contributed by atoms with Gasteiger partial charge >= 0.3 is 0 Å². The van der Waals surface area contributed by atoms with Gasteiger partial charge in [-0.3, -0.25) is 9.80 Å². The summed E-state index contributed by atoms with van der Waals surface area (Å²) in [6.45, 7) is 18.4. The maximum Gasteiger partial charge on any atom is 0.141 e. The molecule has 0 saturated heterocycles. The molecule has 56 heavy (non-hydrogen) atoms. The summed E-state index contributed by atoms with van der Waals surface area (Å²) in [5.41, 5.74) is 7.44. The molecule has 0 bridgehead atoms. The first-order valence-electron chi connectivity index (χ1n) is 21.7. The van der Waals surface area contributed by atoms with Crippen molar-refractivity contribution >= 4 is 34.6 Å². The van der Waals surface area contributed by atoms with Gasteiger partial charge in [-0.2, -0.15) is 0 Å². The van der Waals surface area contributed by atoms with Crippen LogP contribution in [0, 0.1) is 23.7 Å². The SMILES string of the molecule is CC(C)CCCc1cccc(N(c2cc(CCCC(C)C)ccn2)c2cccc(N(c3cccc(CCCC(C)C)c3)c3cc(CCCC(C)C)ccn3)n2)c1. The van der Waals surface area contributed by atoms with Crippen LogP contribution in [0.3, 0.4) is 0 Å². The molecule has 5 nitrogen and oxygen atoms in total. The number of nitrogens with zero attached hydrogens (tertiary/aromatic N) is 5. The van der Waals surface area contributed by atoms with Crippen LogP contribution in [0.5, 0.6) is 0 Å². The monoisotopic (exact) mass is 752 g/mol. The maximum absolute atomic E-state index is 5.51. The van der Waals surface area contributed by atoms with Gasteiger partial charge < -0.3 is 0 Å². The molecule has 0 aliphatic heterocycles. The van der Waals surface area contributed by atoms with E-state index in [4.69, 9.17) is 15.0 Å². The zero-order valence-corrected chi connectivity index (χ0v) is 35.8. The minimum absolute atomic E-state index is 0.692. The lowest BCUT2D eigenvalue weighted by atomic mass is 10.0. The second kappa shape index (κ2) is 21.7. The molecule has 0 amide bonds. The van der Waals surface area contributed by atoms with Crippen LogP contribution < -0.4 is 9.80 Å². The van der Waals surface area contributed by atoms with Crippen molar-refractivity contribution in [2.75, 3.05) is 9.80 Å². The van der Waals surface area contributed by atoms with Crippen molar-refractivity contribution in [3.8, 4) is 0 Å². The van der Waals surface area contributed by atoms with Gasteiger partial charge in [0.05, 0.1) is 0 Å². The highest BCUT2D eigenvalue weighted by molar-refractivity contribution is 5.77. The van der Waals surface area contributed by atoms with E-state index in [1.54, 1.807) is 0 Å². The summed E-state index contributed by atoms with van der Waals surface area (Å²) in [5, 5.41) is 0. The first-order valence-corrected chi connectivity index (χ1v) is 21.7. The van der Waals surface area contributed by atoms with Crippen LogP contribution in [-0.4, -0.2) is 15.0 Å². The molecule has 0 aliphatic carbocycles. The van der Waals surface area contributed by atoms with Gasteiger partial charge in [-0.1, -0.05) is 111 Å². The molecule has 5 rings (SSSR count). The lowest BCUT2D eigenvalue weighted by molar-refractivity contribution is 0.555. The van der Waals surface area contributed by atoms with Crippen molar-refractivity contribution in [2.45, 2.75) is 132 Å². The molecule has 0 aliphatic rings. The van der Waals surface area contributed by atoms with E-state index in [1.165, 1.54) is 60.8 Å². The third-order valence-electron chi connectivity index (χ3n) is 10.6. The van der Waals surface area contributed by atoms with Crippen molar-refractivity contribution in [2.24, 2.45) is 23.7 Å². The Bertz CT molecular complexity index is 1660. The number of benzene rings is 2. The summed E-state index contributed by atoms with van der Waals surface area (Å²) >= 11 is 0. The smallest absolute Gasteiger partial charge is 0.141 e. The Kier molecular flexibility index (Phi) is 16.5. The van der Waals surface area contributed by atoms with Gasteiger partial charge in [0.2, 0.25) is 0 Å². The van der Waals surface area contributed by atoms with Crippen LogP contribution in [0.1, 0.15) is 129 Å². The average Bonchev–Trinajstić information content (AvgIpc) is 3.16. The summed E-state index contributed by atoms with van der Waals surface area (Å²) in [7, 11) is 0. The van der Waals surface area contributed by atoms with Gasteiger partial charge in [-0.15, -0.1) is 0 Å². The van der Waals surface area contributed by atoms with E-state index in [0.29, 0.717) is 23.7 Å². The summed E-state index contributed by atoms with van der Waals surface area (Å²) in [4.78, 5) is 20.0. The van der Waals surface area contributed by atoms with Crippen molar-refractivity contribution < 1.29 is 0 Å². The van der Waals surface area contributed by atoms with Gasteiger partial charge in [-0.05, 0) is 158 Å². The van der Waals surface area contributed by atoms with Gasteiger partial charge in [-0.25, -0.2) is 15.0 Å². The van der Waals surface area contributed by atoms with Crippen LogP contribution >= 0.6 is 0 Å². The Morgan fingerprint density at radius 3 is 1.09 bits per heavy atom. The van der Waals surface area contributed by atoms with Crippen molar-refractivity contribution in [3.05, 3.63) is 126 Å². The fourth-order valence-electron chi connectivity index (χ4n) is 7.46. The Labute approximate surface area is 340 Å². The third kappa shape index (κ3) is 13.3. The van der Waals surface area contributed by atoms with Gasteiger partial charge in [0.25, 0.3) is 0 Å². The molecular formula is C51H69N5. The fourth-order valence-corrected chi connectivity index (χ4v) is 7.46. The summed E-state index contributed by atoms with van der Waals surface area (Å²) < 4.78 is 0. The second-order valence-electron chi connectivity index (χ2n) is 17.6. The number of aryl methyl sites for hydroxylation is 4. The molecule has 3 heterocycles. The van der Waals surface area contributed by atoms with E-state index < -0.39 is 0 Å². The van der Waals surface area contributed by atoms with Crippen LogP contribution in [-0.2, 0) is 25.7 Å². The number of hydrogen-bond acceptors (Lipinski definition) is 5. The highest BCUT2D eigenvalue weighted by atomic mass is 15.3. The van der Waals surface area contributed by atoms with Gasteiger partial charge in [0.1, 0.15) is 23.3 Å². The Balaban J connectivity index is 1.59. The largest absolute Gasteiger partial charge is 0.279 e. The molecule has 5 heteroatoms. The highest BCUT2D eigenvalue weighted by Crippen LogP contribution is 2.38. The number of rotatable bonds is 22. The van der Waals surface area contributed by atoms with Crippen molar-refractivity contribution in [1.82, 2.24) is 15.0 Å². The predicted octanol–water partition coefficient (Wildman–Crippen LogP) is 14.7. The topological polar surface area (TPSA) is 45.2 Å². The molecule has 0 saturated carbocycles. The normalized spacial score (nSPS) is 11.6. The van der Waals surface area contributed by atoms with Crippen molar-refractivity contribution in [3.63, 3.8) is 0 Å². The molecule has 0 spiro atoms. The minimum atomic E-state index is 0.692. The first-order chi connectivity index (χ1) is 27.0. The Morgan fingerprint density at radius 1 is 0.393 bits per heavy atom. The van der Waals surface area contributed by atoms with Crippen LogP contribution in [0.25, 0.3) is 0 Å². The fraction of sp³-hybridized carbons (Fsp3) is 0.471. The summed E-state index contributed by atoms with van der Waals surface area (Å²) in [6, 6.07) is 33.2. The third-order valence-corrected chi connectivity index (χ3v) is 10.6. The van der Waals surface area contributed by atoms with Crippen LogP contribution in [0.15, 0.2) is 103 Å².